The molecule has 0 aromatic rings. The summed E-state index contributed by atoms with van der Waals surface area (Å²) in [4.78, 5) is 6.67. The third-order valence-corrected chi connectivity index (χ3v) is 4.82. The molecule has 1 N–H and O–H groups in total. The highest BCUT2D eigenvalue weighted by atomic mass is 127. The summed E-state index contributed by atoms with van der Waals surface area (Å²) in [6.45, 7) is 6.07. The SMILES string of the molecule is CN=C(NCCOCC1CC1)N(C)CC1CCC(C)CC1.I. The Kier molecular flexibility index (Phi) is 9.71. The number of halogens is 1. The van der Waals surface area contributed by atoms with E-state index < -0.39 is 0 Å². The molecule has 0 heterocycles. The van der Waals surface area contributed by atoms with Gasteiger partial charge < -0.3 is 15.0 Å². The van der Waals surface area contributed by atoms with Crippen LogP contribution in [-0.4, -0.2) is 51.3 Å². The fourth-order valence-corrected chi connectivity index (χ4v) is 3.14. The molecule has 22 heavy (non-hydrogen) atoms. The van der Waals surface area contributed by atoms with Crippen LogP contribution in [0.2, 0.25) is 0 Å². The van der Waals surface area contributed by atoms with E-state index in [1.165, 1.54) is 38.5 Å². The number of nitrogens with one attached hydrogen (secondary N) is 1. The van der Waals surface area contributed by atoms with E-state index in [2.05, 4.69) is 29.2 Å². The van der Waals surface area contributed by atoms with E-state index in [1.807, 2.05) is 7.05 Å². The molecule has 0 unspecified atom stereocenters. The average molecular weight is 423 g/mol. The Morgan fingerprint density at radius 2 is 1.77 bits per heavy atom. The van der Waals surface area contributed by atoms with E-state index >= 15 is 0 Å². The van der Waals surface area contributed by atoms with Crippen LogP contribution in [0.1, 0.15) is 45.4 Å². The van der Waals surface area contributed by atoms with Gasteiger partial charge in [0, 0.05) is 33.8 Å². The van der Waals surface area contributed by atoms with E-state index in [1.54, 1.807) is 0 Å². The van der Waals surface area contributed by atoms with Gasteiger partial charge in [0.25, 0.3) is 0 Å². The molecule has 0 atom stereocenters. The van der Waals surface area contributed by atoms with Crippen molar-refractivity contribution in [2.75, 3.05) is 40.4 Å². The van der Waals surface area contributed by atoms with Gasteiger partial charge in [0.15, 0.2) is 5.96 Å². The van der Waals surface area contributed by atoms with Gasteiger partial charge in [-0.15, -0.1) is 24.0 Å². The summed E-state index contributed by atoms with van der Waals surface area (Å²) in [5.41, 5.74) is 0. The topological polar surface area (TPSA) is 36.9 Å². The summed E-state index contributed by atoms with van der Waals surface area (Å²) >= 11 is 0. The number of nitrogens with zero attached hydrogens (tertiary/aromatic N) is 2. The monoisotopic (exact) mass is 423 g/mol. The van der Waals surface area contributed by atoms with Crippen LogP contribution in [0.3, 0.4) is 0 Å². The highest BCUT2D eigenvalue weighted by molar-refractivity contribution is 14.0. The van der Waals surface area contributed by atoms with Crippen LogP contribution in [0.4, 0.5) is 0 Å². The molecule has 0 aromatic heterocycles. The van der Waals surface area contributed by atoms with Crippen molar-refractivity contribution in [2.45, 2.75) is 45.4 Å². The number of hydrogen-bond donors (Lipinski definition) is 1. The first-order valence-electron chi connectivity index (χ1n) is 8.68. The van der Waals surface area contributed by atoms with Crippen molar-refractivity contribution < 1.29 is 4.74 Å². The van der Waals surface area contributed by atoms with Crippen molar-refractivity contribution in [1.82, 2.24) is 10.2 Å². The van der Waals surface area contributed by atoms with Crippen LogP contribution in [0.5, 0.6) is 0 Å². The van der Waals surface area contributed by atoms with E-state index in [9.17, 15) is 0 Å². The molecule has 130 valence electrons. The van der Waals surface area contributed by atoms with Crippen molar-refractivity contribution in [2.24, 2.45) is 22.7 Å². The standard InChI is InChI=1S/C17H33N3O.HI/c1-14-4-6-15(7-5-14)12-20(3)17(18-2)19-10-11-21-13-16-8-9-16;/h14-16H,4-13H2,1-3H3,(H,18,19);1H. The van der Waals surface area contributed by atoms with Gasteiger partial charge >= 0.3 is 0 Å². The number of guanidine groups is 1. The van der Waals surface area contributed by atoms with E-state index in [0.29, 0.717) is 0 Å². The minimum absolute atomic E-state index is 0. The average Bonchev–Trinajstić information content (AvgIpc) is 3.29. The first-order chi connectivity index (χ1) is 10.2. The smallest absolute Gasteiger partial charge is 0.193 e. The summed E-state index contributed by atoms with van der Waals surface area (Å²) in [6, 6.07) is 0. The first-order valence-corrected chi connectivity index (χ1v) is 8.68. The molecule has 0 bridgehead atoms. The number of aliphatic imine (C=N–C) groups is 1. The predicted molar refractivity (Wildman–Crippen MR) is 104 cm³/mol. The second-order valence-electron chi connectivity index (χ2n) is 7.00. The summed E-state index contributed by atoms with van der Waals surface area (Å²) < 4.78 is 5.66. The summed E-state index contributed by atoms with van der Waals surface area (Å²) in [5.74, 6) is 3.60. The molecule has 2 aliphatic rings. The Hall–Kier alpha value is -0.0400. The zero-order chi connectivity index (χ0) is 15.1. The Morgan fingerprint density at radius 3 is 2.36 bits per heavy atom. The van der Waals surface area contributed by atoms with E-state index in [-0.39, 0.29) is 24.0 Å². The third-order valence-electron chi connectivity index (χ3n) is 4.82. The lowest BCUT2D eigenvalue weighted by Crippen LogP contribution is -2.43. The molecule has 4 nitrogen and oxygen atoms in total. The lowest BCUT2D eigenvalue weighted by Gasteiger charge is -2.31. The Morgan fingerprint density at radius 1 is 1.14 bits per heavy atom. The molecule has 0 radical (unpaired) electrons. The third kappa shape index (κ3) is 7.49. The van der Waals surface area contributed by atoms with E-state index in [0.717, 1.165) is 50.0 Å². The minimum atomic E-state index is 0. The molecule has 0 spiro atoms. The Labute approximate surface area is 153 Å². The quantitative estimate of drug-likeness (QED) is 0.295. The largest absolute Gasteiger partial charge is 0.379 e. The molecule has 2 saturated carbocycles. The molecule has 0 amide bonds. The summed E-state index contributed by atoms with van der Waals surface area (Å²) in [7, 11) is 4.02. The second kappa shape index (κ2) is 10.7. The van der Waals surface area contributed by atoms with Crippen molar-refractivity contribution >= 4 is 29.9 Å². The molecule has 2 rings (SSSR count). The number of rotatable bonds is 7. The van der Waals surface area contributed by atoms with Gasteiger partial charge in [-0.2, -0.15) is 0 Å². The number of ether oxygens (including phenoxy) is 1. The highest BCUT2D eigenvalue weighted by Crippen LogP contribution is 2.29. The van der Waals surface area contributed by atoms with Gasteiger partial charge in [0.2, 0.25) is 0 Å². The maximum absolute atomic E-state index is 5.66. The van der Waals surface area contributed by atoms with Gasteiger partial charge in [-0.25, -0.2) is 0 Å². The lowest BCUT2D eigenvalue weighted by molar-refractivity contribution is 0.128. The minimum Gasteiger partial charge on any atom is -0.379 e. The molecular formula is C17H34IN3O. The maximum Gasteiger partial charge on any atom is 0.193 e. The zero-order valence-electron chi connectivity index (χ0n) is 14.5. The van der Waals surface area contributed by atoms with Crippen LogP contribution in [0, 0.1) is 17.8 Å². The first kappa shape index (κ1) is 20.0. The fourth-order valence-electron chi connectivity index (χ4n) is 3.14. The van der Waals surface area contributed by atoms with Crippen molar-refractivity contribution in [3.8, 4) is 0 Å². The highest BCUT2D eigenvalue weighted by Gasteiger charge is 2.21. The number of hydrogen-bond acceptors (Lipinski definition) is 2. The van der Waals surface area contributed by atoms with Gasteiger partial charge in [0.1, 0.15) is 0 Å². The van der Waals surface area contributed by atoms with Crippen molar-refractivity contribution in [1.29, 1.82) is 0 Å². The normalized spacial score (nSPS) is 25.5. The van der Waals surface area contributed by atoms with Crippen LogP contribution in [0.15, 0.2) is 4.99 Å². The predicted octanol–water partition coefficient (Wildman–Crippen LogP) is 3.36. The van der Waals surface area contributed by atoms with Crippen molar-refractivity contribution in [3.05, 3.63) is 0 Å². The van der Waals surface area contributed by atoms with Crippen LogP contribution < -0.4 is 5.32 Å². The molecule has 0 aromatic carbocycles. The molecule has 2 fully saturated rings. The second-order valence-corrected chi connectivity index (χ2v) is 7.00. The van der Waals surface area contributed by atoms with Crippen LogP contribution >= 0.6 is 24.0 Å². The summed E-state index contributed by atoms with van der Waals surface area (Å²) in [6.07, 6.45) is 8.23. The van der Waals surface area contributed by atoms with Crippen molar-refractivity contribution in [3.63, 3.8) is 0 Å². The molecular weight excluding hydrogens is 389 g/mol. The molecule has 0 saturated heterocycles. The lowest BCUT2D eigenvalue weighted by atomic mass is 9.83. The fraction of sp³-hybridized carbons (Fsp3) is 0.941. The molecule has 2 aliphatic carbocycles. The van der Waals surface area contributed by atoms with Gasteiger partial charge in [0.05, 0.1) is 6.61 Å². The van der Waals surface area contributed by atoms with Crippen LogP contribution in [-0.2, 0) is 4.74 Å². The Balaban J connectivity index is 0.00000242. The van der Waals surface area contributed by atoms with Crippen LogP contribution in [0.25, 0.3) is 0 Å². The van der Waals surface area contributed by atoms with E-state index in [4.69, 9.17) is 4.74 Å². The molecule has 0 aliphatic heterocycles. The zero-order valence-corrected chi connectivity index (χ0v) is 16.8. The van der Waals surface area contributed by atoms with Gasteiger partial charge in [-0.3, -0.25) is 4.99 Å². The van der Waals surface area contributed by atoms with Gasteiger partial charge in [-0.05, 0) is 43.4 Å². The maximum atomic E-state index is 5.66. The summed E-state index contributed by atoms with van der Waals surface area (Å²) in [5, 5.41) is 3.41. The molecule has 5 heteroatoms. The Bertz CT molecular complexity index is 326. The van der Waals surface area contributed by atoms with Gasteiger partial charge in [-0.1, -0.05) is 19.8 Å².